The molecule has 4 aromatic rings. The largest absolute Gasteiger partial charge is 0.465 e. The summed E-state index contributed by atoms with van der Waals surface area (Å²) in [5.74, 6) is -1.78. The number of carbonyl (C=O) groups excluding carboxylic acids is 1. The number of rotatable bonds is 5. The molecular formula is C38H30FN3O3. The van der Waals surface area contributed by atoms with Crippen molar-refractivity contribution in [3.8, 4) is 0 Å². The summed E-state index contributed by atoms with van der Waals surface area (Å²) in [7, 11) is 1.76. The maximum absolute atomic E-state index is 14.6. The predicted octanol–water partition coefficient (Wildman–Crippen LogP) is 7.43. The summed E-state index contributed by atoms with van der Waals surface area (Å²) < 4.78 is 14.6. The molecular weight excluding hydrogens is 565 g/mol. The van der Waals surface area contributed by atoms with Gasteiger partial charge in [-0.05, 0) is 57.5 Å². The zero-order valence-corrected chi connectivity index (χ0v) is 24.6. The minimum Gasteiger partial charge on any atom is -0.465 e. The quantitative estimate of drug-likeness (QED) is 0.260. The number of fused-ring (bicyclic) bond motifs is 3. The number of aliphatic imine (C=N–C) groups is 1. The van der Waals surface area contributed by atoms with Gasteiger partial charge in [-0.1, -0.05) is 115 Å². The van der Waals surface area contributed by atoms with Crippen LogP contribution in [0.15, 0.2) is 144 Å². The van der Waals surface area contributed by atoms with Gasteiger partial charge in [0, 0.05) is 13.0 Å². The molecule has 2 aliphatic carbocycles. The highest BCUT2D eigenvalue weighted by Crippen LogP contribution is 2.56. The van der Waals surface area contributed by atoms with Crippen LogP contribution >= 0.6 is 0 Å². The highest BCUT2D eigenvalue weighted by Gasteiger charge is 2.55. The zero-order chi connectivity index (χ0) is 31.1. The fourth-order valence-electron chi connectivity index (χ4n) is 7.06. The van der Waals surface area contributed by atoms with Gasteiger partial charge in [-0.2, -0.15) is 4.99 Å². The van der Waals surface area contributed by atoms with Gasteiger partial charge in [0.25, 0.3) is 5.91 Å². The highest BCUT2D eigenvalue weighted by molar-refractivity contribution is 6.07. The first-order valence-corrected chi connectivity index (χ1v) is 14.8. The predicted molar refractivity (Wildman–Crippen MR) is 172 cm³/mol. The first kappa shape index (κ1) is 28.2. The van der Waals surface area contributed by atoms with Crippen LogP contribution in [0, 0.1) is 5.82 Å². The van der Waals surface area contributed by atoms with E-state index in [1.807, 2.05) is 60.7 Å². The Morgan fingerprint density at radius 1 is 0.911 bits per heavy atom. The third-order valence-electron chi connectivity index (χ3n) is 9.11. The second-order valence-corrected chi connectivity index (χ2v) is 11.4. The van der Waals surface area contributed by atoms with Gasteiger partial charge in [-0.3, -0.25) is 4.79 Å². The Bertz CT molecular complexity index is 1950. The Hall–Kier alpha value is -5.56. The number of nitrogens with zero attached hydrogens (tertiary/aromatic N) is 3. The molecule has 1 aliphatic heterocycles. The van der Waals surface area contributed by atoms with Crippen LogP contribution in [0.25, 0.3) is 5.57 Å². The van der Waals surface area contributed by atoms with Crippen molar-refractivity contribution < 1.29 is 19.1 Å². The summed E-state index contributed by atoms with van der Waals surface area (Å²) in [6.07, 6.45) is 5.76. The van der Waals surface area contributed by atoms with Crippen LogP contribution in [0.5, 0.6) is 0 Å². The zero-order valence-electron chi connectivity index (χ0n) is 24.6. The molecule has 6 nitrogen and oxygen atoms in total. The number of carbonyl (C=O) groups is 2. The van der Waals surface area contributed by atoms with Crippen molar-refractivity contribution >= 4 is 23.5 Å². The van der Waals surface area contributed by atoms with E-state index in [9.17, 15) is 19.1 Å². The monoisotopic (exact) mass is 595 g/mol. The second kappa shape index (κ2) is 11.2. The lowest BCUT2D eigenvalue weighted by molar-refractivity contribution is 0.0996. The number of hydrogen-bond acceptors (Lipinski definition) is 2. The Kier molecular flexibility index (Phi) is 7.01. The fraction of sp³-hybridized carbons (Fsp3) is 0.132. The molecule has 1 saturated heterocycles. The van der Waals surface area contributed by atoms with Gasteiger partial charge in [0.1, 0.15) is 11.4 Å². The normalized spacial score (nSPS) is 21.2. The summed E-state index contributed by atoms with van der Waals surface area (Å²) in [6.45, 7) is -0.00806. The van der Waals surface area contributed by atoms with E-state index in [1.54, 1.807) is 18.0 Å². The van der Waals surface area contributed by atoms with Crippen molar-refractivity contribution in [3.63, 3.8) is 0 Å². The smallest absolute Gasteiger partial charge is 0.414 e. The van der Waals surface area contributed by atoms with Gasteiger partial charge in [-0.25, -0.2) is 14.1 Å². The molecule has 0 bridgehead atoms. The molecule has 7 rings (SSSR count). The topological polar surface area (TPSA) is 73.2 Å². The Balaban J connectivity index is 1.41. The molecule has 3 aliphatic rings. The second-order valence-electron chi connectivity index (χ2n) is 11.4. The standard InChI is InChI=1S/C38H30FN3O3/c1-41-36(40-35(43)30-19-10-11-22-33(30)39)42(37(44)45)24-38(41,26-15-6-3-7-16-26)32-21-12-20-29-31(23-25-13-4-2-5-14-25)27-17-8-9-18-28(27)34(29)32/h2-22,34H,23-24H2,1H3,(H,44,45). The lowest BCUT2D eigenvalue weighted by Crippen LogP contribution is -2.46. The van der Waals surface area contributed by atoms with Crippen molar-refractivity contribution in [2.45, 2.75) is 17.9 Å². The minimum atomic E-state index is -1.25. The summed E-state index contributed by atoms with van der Waals surface area (Å²) in [5, 5.41) is 10.5. The minimum absolute atomic E-state index is 0.00806. The van der Waals surface area contributed by atoms with Crippen LogP contribution in [0.3, 0.4) is 0 Å². The Morgan fingerprint density at radius 2 is 1.58 bits per heavy atom. The van der Waals surface area contributed by atoms with Gasteiger partial charge in [0.2, 0.25) is 5.96 Å². The Morgan fingerprint density at radius 3 is 2.31 bits per heavy atom. The van der Waals surface area contributed by atoms with Crippen LogP contribution in [-0.4, -0.2) is 46.5 Å². The number of halogens is 1. The molecule has 0 aromatic heterocycles. The summed E-state index contributed by atoms with van der Waals surface area (Å²) in [5.41, 5.74) is 6.49. The maximum Gasteiger partial charge on any atom is 0.414 e. The molecule has 2 amide bonds. The molecule has 2 unspecified atom stereocenters. The molecule has 0 radical (unpaired) electrons. The number of amides is 2. The van der Waals surface area contributed by atoms with Crippen molar-refractivity contribution in [2.24, 2.45) is 4.99 Å². The number of carboxylic acid groups (broad SMARTS) is 1. The molecule has 7 heteroatoms. The van der Waals surface area contributed by atoms with E-state index in [1.165, 1.54) is 34.9 Å². The molecule has 4 aromatic carbocycles. The van der Waals surface area contributed by atoms with Crippen LogP contribution in [-0.2, 0) is 12.0 Å². The van der Waals surface area contributed by atoms with Crippen molar-refractivity contribution in [1.82, 2.24) is 9.80 Å². The third-order valence-corrected chi connectivity index (χ3v) is 9.11. The lowest BCUT2D eigenvalue weighted by Gasteiger charge is -2.42. The van der Waals surface area contributed by atoms with Crippen molar-refractivity contribution in [2.75, 3.05) is 13.6 Å². The van der Waals surface area contributed by atoms with E-state index in [0.717, 1.165) is 33.6 Å². The average Bonchev–Trinajstić information content (AvgIpc) is 3.54. The van der Waals surface area contributed by atoms with Gasteiger partial charge in [0.05, 0.1) is 12.1 Å². The van der Waals surface area contributed by atoms with Crippen LogP contribution in [0.1, 0.15) is 38.5 Å². The SMILES string of the molecule is CN1C(=NC(=O)c2ccccc2F)N(C(=O)O)CC1(C1=CC=CC2=C(Cc3ccccc3)c3ccccc3C12)c1ccccc1. The van der Waals surface area contributed by atoms with Crippen molar-refractivity contribution in [3.05, 3.63) is 172 Å². The summed E-state index contributed by atoms with van der Waals surface area (Å²) >= 11 is 0. The molecule has 2 atom stereocenters. The van der Waals surface area contributed by atoms with E-state index >= 15 is 0 Å². The number of hydrogen-bond donors (Lipinski definition) is 1. The summed E-state index contributed by atoms with van der Waals surface area (Å²) in [4.78, 5) is 33.3. The van der Waals surface area contributed by atoms with E-state index in [4.69, 9.17) is 0 Å². The molecule has 222 valence electrons. The lowest BCUT2D eigenvalue weighted by atomic mass is 9.70. The maximum atomic E-state index is 14.6. The number of allylic oxidation sites excluding steroid dienone is 5. The van der Waals surface area contributed by atoms with Crippen molar-refractivity contribution in [1.29, 1.82) is 0 Å². The van der Waals surface area contributed by atoms with Gasteiger partial charge >= 0.3 is 6.09 Å². The third kappa shape index (κ3) is 4.59. The number of benzene rings is 4. The van der Waals surface area contributed by atoms with E-state index in [-0.39, 0.29) is 24.0 Å². The molecule has 0 saturated carbocycles. The number of likely N-dealkylation sites (N-methyl/N-ethyl adjacent to an activating group) is 1. The molecule has 1 N–H and O–H groups in total. The van der Waals surface area contributed by atoms with Gasteiger partial charge < -0.3 is 10.0 Å². The summed E-state index contributed by atoms with van der Waals surface area (Å²) in [6, 6.07) is 34.0. The van der Waals surface area contributed by atoms with E-state index < -0.39 is 23.4 Å². The Labute approximate surface area is 260 Å². The molecule has 1 fully saturated rings. The first-order valence-electron chi connectivity index (χ1n) is 14.8. The average molecular weight is 596 g/mol. The highest BCUT2D eigenvalue weighted by atomic mass is 19.1. The fourth-order valence-corrected chi connectivity index (χ4v) is 7.06. The van der Waals surface area contributed by atoms with E-state index in [0.29, 0.717) is 0 Å². The van der Waals surface area contributed by atoms with E-state index in [2.05, 4.69) is 47.5 Å². The van der Waals surface area contributed by atoms with Crippen LogP contribution in [0.4, 0.5) is 9.18 Å². The van der Waals surface area contributed by atoms with Gasteiger partial charge in [0.15, 0.2) is 0 Å². The molecule has 1 heterocycles. The molecule has 0 spiro atoms. The van der Waals surface area contributed by atoms with Crippen LogP contribution in [0.2, 0.25) is 0 Å². The number of guanidine groups is 1. The van der Waals surface area contributed by atoms with Crippen LogP contribution < -0.4 is 0 Å². The first-order chi connectivity index (χ1) is 21.9. The molecule has 45 heavy (non-hydrogen) atoms. The van der Waals surface area contributed by atoms with Gasteiger partial charge in [-0.15, -0.1) is 0 Å².